The number of aromatic nitrogens is 1. The first-order valence-corrected chi connectivity index (χ1v) is 11.1. The fourth-order valence-electron chi connectivity index (χ4n) is 4.00. The first-order valence-electron chi connectivity index (χ1n) is 10.7. The zero-order valence-corrected chi connectivity index (χ0v) is 18.5. The number of hydrogen-bond acceptors (Lipinski definition) is 4. The lowest BCUT2D eigenvalue weighted by Gasteiger charge is -2.21. The molecule has 3 aromatic rings. The van der Waals surface area contributed by atoms with Crippen LogP contribution in [0.3, 0.4) is 0 Å². The Morgan fingerprint density at radius 1 is 1.13 bits per heavy atom. The Labute approximate surface area is 188 Å². The van der Waals surface area contributed by atoms with Crippen molar-refractivity contribution in [1.29, 1.82) is 0 Å². The van der Waals surface area contributed by atoms with Crippen molar-refractivity contribution in [1.82, 2.24) is 10.3 Å². The van der Waals surface area contributed by atoms with Crippen LogP contribution in [0, 0.1) is 0 Å². The van der Waals surface area contributed by atoms with Gasteiger partial charge in [-0.25, -0.2) is 0 Å². The summed E-state index contributed by atoms with van der Waals surface area (Å²) in [5.41, 5.74) is 6.24. The molecule has 2 aromatic carbocycles. The normalized spacial score (nSPS) is 13.2. The van der Waals surface area contributed by atoms with Gasteiger partial charge >= 0.3 is 0 Å². The van der Waals surface area contributed by atoms with Crippen LogP contribution in [0.2, 0.25) is 5.02 Å². The van der Waals surface area contributed by atoms with Crippen molar-refractivity contribution in [3.8, 4) is 0 Å². The zero-order chi connectivity index (χ0) is 21.6. The number of halogens is 1. The lowest BCUT2D eigenvalue weighted by molar-refractivity contribution is 0.0988. The number of hydrogen-bond donors (Lipinski definition) is 2. The third-order valence-corrected chi connectivity index (χ3v) is 5.99. The van der Waals surface area contributed by atoms with E-state index in [-0.39, 0.29) is 5.91 Å². The minimum Gasteiger partial charge on any atom is -0.380 e. The fraction of sp³-hybridized carbons (Fsp3) is 0.280. The Morgan fingerprint density at radius 3 is 2.68 bits per heavy atom. The van der Waals surface area contributed by atoms with Crippen LogP contribution in [0.5, 0.6) is 0 Å². The SMILES string of the molecule is CCN(C(=O)c1ccc(CNc2c(Cl)ccc3c2CCNCC3)cc1)c1cccnc1. The maximum atomic E-state index is 13.0. The van der Waals surface area contributed by atoms with Gasteiger partial charge in [0.15, 0.2) is 0 Å². The number of carbonyl (C=O) groups is 1. The molecule has 0 atom stereocenters. The quantitative estimate of drug-likeness (QED) is 0.590. The van der Waals surface area contributed by atoms with Crippen LogP contribution in [-0.2, 0) is 19.4 Å². The first kappa shape index (κ1) is 21.3. The summed E-state index contributed by atoms with van der Waals surface area (Å²) < 4.78 is 0. The minimum absolute atomic E-state index is 0.0288. The van der Waals surface area contributed by atoms with Crippen LogP contribution < -0.4 is 15.5 Å². The number of carbonyl (C=O) groups excluding carboxylic acids is 1. The first-order chi connectivity index (χ1) is 15.2. The Hall–Kier alpha value is -2.89. The van der Waals surface area contributed by atoms with Gasteiger partial charge in [-0.1, -0.05) is 29.8 Å². The largest absolute Gasteiger partial charge is 0.380 e. The Balaban J connectivity index is 1.47. The van der Waals surface area contributed by atoms with Crippen molar-refractivity contribution in [2.45, 2.75) is 26.3 Å². The summed E-state index contributed by atoms with van der Waals surface area (Å²) in [7, 11) is 0. The third kappa shape index (κ3) is 4.89. The van der Waals surface area contributed by atoms with Crippen LogP contribution in [-0.4, -0.2) is 30.5 Å². The van der Waals surface area contributed by atoms with E-state index in [1.807, 2.05) is 49.4 Å². The number of fused-ring (bicyclic) bond motifs is 1. The molecule has 1 aromatic heterocycles. The summed E-state index contributed by atoms with van der Waals surface area (Å²) >= 11 is 6.52. The molecular weight excluding hydrogens is 408 g/mol. The van der Waals surface area contributed by atoms with Crippen molar-refractivity contribution >= 4 is 28.9 Å². The molecule has 0 aliphatic carbocycles. The van der Waals surface area contributed by atoms with Gasteiger partial charge in [0.1, 0.15) is 0 Å². The van der Waals surface area contributed by atoms with E-state index in [2.05, 4.69) is 21.7 Å². The predicted molar refractivity (Wildman–Crippen MR) is 127 cm³/mol. The van der Waals surface area contributed by atoms with E-state index in [0.29, 0.717) is 18.7 Å². The molecule has 160 valence electrons. The number of nitrogens with one attached hydrogen (secondary N) is 2. The van der Waals surface area contributed by atoms with Gasteiger partial charge in [0, 0.05) is 24.8 Å². The third-order valence-electron chi connectivity index (χ3n) is 5.67. The summed E-state index contributed by atoms with van der Waals surface area (Å²) in [4.78, 5) is 18.8. The number of nitrogens with zero attached hydrogens (tertiary/aromatic N) is 2. The standard InChI is InChI=1S/C25H27ClN4O/c1-2-30(21-4-3-13-28-17-21)25(31)20-7-5-18(6-8-20)16-29-24-22-12-15-27-14-11-19(22)9-10-23(24)26/h3-10,13,17,27,29H,2,11-12,14-16H2,1H3. The van der Waals surface area contributed by atoms with E-state index in [0.717, 1.165) is 47.9 Å². The van der Waals surface area contributed by atoms with Gasteiger partial charge in [-0.05, 0) is 79.9 Å². The molecule has 4 rings (SSSR count). The van der Waals surface area contributed by atoms with Gasteiger partial charge in [-0.2, -0.15) is 0 Å². The van der Waals surface area contributed by atoms with Gasteiger partial charge in [-0.15, -0.1) is 0 Å². The molecule has 2 heterocycles. The van der Waals surface area contributed by atoms with Crippen LogP contribution >= 0.6 is 11.6 Å². The molecule has 0 fully saturated rings. The Bertz CT molecular complexity index is 1040. The van der Waals surface area contributed by atoms with E-state index >= 15 is 0 Å². The lowest BCUT2D eigenvalue weighted by Crippen LogP contribution is -2.30. The highest BCUT2D eigenvalue weighted by Crippen LogP contribution is 2.31. The van der Waals surface area contributed by atoms with E-state index in [1.54, 1.807) is 17.3 Å². The number of anilines is 2. The lowest BCUT2D eigenvalue weighted by atomic mass is 10.0. The molecule has 1 aliphatic rings. The van der Waals surface area contributed by atoms with E-state index in [1.165, 1.54) is 11.1 Å². The highest BCUT2D eigenvalue weighted by Gasteiger charge is 2.17. The summed E-state index contributed by atoms with van der Waals surface area (Å²) in [6, 6.07) is 15.6. The fourth-order valence-corrected chi connectivity index (χ4v) is 4.25. The molecule has 0 spiro atoms. The summed E-state index contributed by atoms with van der Waals surface area (Å²) in [6.45, 7) is 5.16. The average Bonchev–Trinajstić information content (AvgIpc) is 3.06. The molecular formula is C25H27ClN4O. The van der Waals surface area contributed by atoms with Gasteiger partial charge in [0.2, 0.25) is 0 Å². The molecule has 0 saturated carbocycles. The molecule has 6 heteroatoms. The summed E-state index contributed by atoms with van der Waals surface area (Å²) in [5.74, 6) is -0.0288. The highest BCUT2D eigenvalue weighted by molar-refractivity contribution is 6.33. The second kappa shape index (κ2) is 9.94. The van der Waals surface area contributed by atoms with Crippen molar-refractivity contribution in [2.75, 3.05) is 29.9 Å². The molecule has 31 heavy (non-hydrogen) atoms. The average molecular weight is 435 g/mol. The van der Waals surface area contributed by atoms with Crippen molar-refractivity contribution in [3.63, 3.8) is 0 Å². The smallest absolute Gasteiger partial charge is 0.258 e. The number of rotatable bonds is 6. The monoisotopic (exact) mass is 434 g/mol. The number of pyridine rings is 1. The molecule has 5 nitrogen and oxygen atoms in total. The van der Waals surface area contributed by atoms with E-state index in [4.69, 9.17) is 11.6 Å². The maximum Gasteiger partial charge on any atom is 0.258 e. The minimum atomic E-state index is -0.0288. The molecule has 0 unspecified atom stereocenters. The number of benzene rings is 2. The van der Waals surface area contributed by atoms with E-state index < -0.39 is 0 Å². The second-order valence-corrected chi connectivity index (χ2v) is 8.03. The summed E-state index contributed by atoms with van der Waals surface area (Å²) in [5, 5.41) is 7.73. The second-order valence-electron chi connectivity index (χ2n) is 7.62. The van der Waals surface area contributed by atoms with Crippen LogP contribution in [0.25, 0.3) is 0 Å². The summed E-state index contributed by atoms with van der Waals surface area (Å²) in [6.07, 6.45) is 5.40. The maximum absolute atomic E-state index is 13.0. The molecule has 2 N–H and O–H groups in total. The van der Waals surface area contributed by atoms with Crippen molar-refractivity contribution in [3.05, 3.63) is 88.2 Å². The van der Waals surface area contributed by atoms with Crippen LogP contribution in [0.4, 0.5) is 11.4 Å². The number of amides is 1. The van der Waals surface area contributed by atoms with Crippen LogP contribution in [0.1, 0.15) is 34.0 Å². The zero-order valence-electron chi connectivity index (χ0n) is 17.7. The molecule has 1 amide bonds. The Kier molecular flexibility index (Phi) is 6.85. The molecule has 0 saturated heterocycles. The van der Waals surface area contributed by atoms with Gasteiger partial charge in [-0.3, -0.25) is 9.78 Å². The topological polar surface area (TPSA) is 57.3 Å². The predicted octanol–water partition coefficient (Wildman–Crippen LogP) is 4.70. The molecule has 0 radical (unpaired) electrons. The highest BCUT2D eigenvalue weighted by atomic mass is 35.5. The Morgan fingerprint density at radius 2 is 1.94 bits per heavy atom. The van der Waals surface area contributed by atoms with Crippen LogP contribution in [0.15, 0.2) is 60.9 Å². The molecule has 0 bridgehead atoms. The molecule has 1 aliphatic heterocycles. The van der Waals surface area contributed by atoms with Crippen molar-refractivity contribution in [2.24, 2.45) is 0 Å². The van der Waals surface area contributed by atoms with Gasteiger partial charge in [0.05, 0.1) is 22.6 Å². The van der Waals surface area contributed by atoms with Gasteiger partial charge < -0.3 is 15.5 Å². The van der Waals surface area contributed by atoms with E-state index in [9.17, 15) is 4.79 Å². The van der Waals surface area contributed by atoms with Gasteiger partial charge in [0.25, 0.3) is 5.91 Å². The van der Waals surface area contributed by atoms with Crippen molar-refractivity contribution < 1.29 is 4.79 Å².